The zero-order valence-corrected chi connectivity index (χ0v) is 12.8. The van der Waals surface area contributed by atoms with Crippen LogP contribution >= 0.6 is 0 Å². The average molecular weight is 314 g/mol. The molecule has 3 aromatic rings. The first-order valence-corrected chi connectivity index (χ1v) is 7.59. The van der Waals surface area contributed by atoms with E-state index in [1.807, 2.05) is 77.6 Å². The highest BCUT2D eigenvalue weighted by atomic mass is 16.7. The predicted octanol–water partition coefficient (Wildman–Crippen LogP) is 4.27. The summed E-state index contributed by atoms with van der Waals surface area (Å²) >= 11 is 0. The Morgan fingerprint density at radius 1 is 1.00 bits per heavy atom. The first-order chi connectivity index (χ1) is 11.8. The van der Waals surface area contributed by atoms with Crippen LogP contribution in [0.2, 0.25) is 0 Å². The van der Waals surface area contributed by atoms with Crippen LogP contribution in [0.3, 0.4) is 0 Å². The number of rotatable bonds is 3. The minimum absolute atomic E-state index is 0.245. The number of nitriles is 1. The Kier molecular flexibility index (Phi) is 3.53. The summed E-state index contributed by atoms with van der Waals surface area (Å²) in [6.07, 6.45) is 5.83. The third-order valence-electron chi connectivity index (χ3n) is 3.91. The van der Waals surface area contributed by atoms with Gasteiger partial charge < -0.3 is 14.0 Å². The number of aromatic nitrogens is 1. The molecule has 4 nitrogen and oxygen atoms in total. The zero-order chi connectivity index (χ0) is 16.4. The van der Waals surface area contributed by atoms with Gasteiger partial charge in [-0.25, -0.2) is 0 Å². The lowest BCUT2D eigenvalue weighted by Crippen LogP contribution is -1.92. The second-order valence-corrected chi connectivity index (χ2v) is 5.42. The van der Waals surface area contributed by atoms with Gasteiger partial charge in [0.1, 0.15) is 0 Å². The Balaban J connectivity index is 1.65. The van der Waals surface area contributed by atoms with Crippen molar-refractivity contribution in [2.45, 2.75) is 0 Å². The molecule has 0 amide bonds. The number of benzene rings is 2. The first kappa shape index (κ1) is 14.2. The Bertz CT molecular complexity index is 933. The fraction of sp³-hybridized carbons (Fsp3) is 0.0500. The Labute approximate surface area is 139 Å². The number of hydrogen-bond donors (Lipinski definition) is 0. The highest BCUT2D eigenvalue weighted by Gasteiger charge is 2.13. The molecule has 2 aromatic carbocycles. The number of ether oxygens (including phenoxy) is 2. The molecule has 1 aliphatic heterocycles. The summed E-state index contributed by atoms with van der Waals surface area (Å²) in [5, 5.41) is 9.51. The van der Waals surface area contributed by atoms with Gasteiger partial charge in [0.25, 0.3) is 0 Å². The topological polar surface area (TPSA) is 47.2 Å². The maximum Gasteiger partial charge on any atom is 0.231 e. The van der Waals surface area contributed by atoms with E-state index in [1.165, 1.54) is 0 Å². The Morgan fingerprint density at radius 2 is 1.75 bits per heavy atom. The summed E-state index contributed by atoms with van der Waals surface area (Å²) < 4.78 is 12.7. The largest absolute Gasteiger partial charge is 0.454 e. The van der Waals surface area contributed by atoms with Crippen LogP contribution in [0, 0.1) is 11.3 Å². The van der Waals surface area contributed by atoms with E-state index >= 15 is 0 Å². The monoisotopic (exact) mass is 314 g/mol. The second-order valence-electron chi connectivity index (χ2n) is 5.42. The molecule has 1 aliphatic rings. The summed E-state index contributed by atoms with van der Waals surface area (Å²) in [7, 11) is 0. The van der Waals surface area contributed by atoms with Gasteiger partial charge in [0.15, 0.2) is 11.5 Å². The lowest BCUT2D eigenvalue weighted by atomic mass is 10.0. The smallest absolute Gasteiger partial charge is 0.231 e. The Morgan fingerprint density at radius 3 is 2.50 bits per heavy atom. The average Bonchev–Trinajstić information content (AvgIpc) is 3.31. The summed E-state index contributed by atoms with van der Waals surface area (Å²) in [6, 6.07) is 19.8. The molecule has 0 bridgehead atoms. The van der Waals surface area contributed by atoms with Gasteiger partial charge in [0.2, 0.25) is 6.79 Å². The molecule has 0 unspecified atom stereocenters. The SMILES string of the molecule is N#C/C(=C/c1ccc2c(c1)OCO2)c1ccc(-n2cccc2)cc1. The molecule has 0 radical (unpaired) electrons. The molecule has 0 saturated heterocycles. The lowest BCUT2D eigenvalue weighted by molar-refractivity contribution is 0.174. The third kappa shape index (κ3) is 2.64. The van der Waals surface area contributed by atoms with Crippen molar-refractivity contribution in [2.75, 3.05) is 6.79 Å². The lowest BCUT2D eigenvalue weighted by Gasteiger charge is -2.05. The Hall–Kier alpha value is -3.45. The van der Waals surface area contributed by atoms with Gasteiger partial charge in [-0.05, 0) is 53.6 Å². The van der Waals surface area contributed by atoms with E-state index < -0.39 is 0 Å². The van der Waals surface area contributed by atoms with Gasteiger partial charge in [-0.2, -0.15) is 5.26 Å². The van der Waals surface area contributed by atoms with Gasteiger partial charge in [-0.3, -0.25) is 0 Å². The number of allylic oxidation sites excluding steroid dienone is 1. The number of nitrogens with zero attached hydrogens (tertiary/aromatic N) is 2. The molecule has 1 aromatic heterocycles. The van der Waals surface area contributed by atoms with Crippen LogP contribution in [0.25, 0.3) is 17.3 Å². The molecule has 0 N–H and O–H groups in total. The quantitative estimate of drug-likeness (QED) is 0.536. The van der Waals surface area contributed by atoms with Crippen LogP contribution < -0.4 is 9.47 Å². The zero-order valence-electron chi connectivity index (χ0n) is 12.8. The van der Waals surface area contributed by atoms with E-state index in [0.29, 0.717) is 11.3 Å². The summed E-state index contributed by atoms with van der Waals surface area (Å²) in [5.41, 5.74) is 3.45. The maximum absolute atomic E-state index is 9.51. The summed E-state index contributed by atoms with van der Waals surface area (Å²) in [5.74, 6) is 1.45. The summed E-state index contributed by atoms with van der Waals surface area (Å²) in [6.45, 7) is 0.245. The van der Waals surface area contributed by atoms with Gasteiger partial charge in [0.05, 0.1) is 11.6 Å². The van der Waals surface area contributed by atoms with Crippen molar-refractivity contribution in [2.24, 2.45) is 0 Å². The van der Waals surface area contributed by atoms with Crippen LogP contribution in [0.5, 0.6) is 11.5 Å². The van der Waals surface area contributed by atoms with Crippen molar-refractivity contribution in [1.29, 1.82) is 5.26 Å². The van der Waals surface area contributed by atoms with E-state index in [4.69, 9.17) is 9.47 Å². The molecular formula is C20H14N2O2. The van der Waals surface area contributed by atoms with Crippen molar-refractivity contribution in [3.63, 3.8) is 0 Å². The highest BCUT2D eigenvalue weighted by molar-refractivity contribution is 5.90. The molecular weight excluding hydrogens is 300 g/mol. The van der Waals surface area contributed by atoms with E-state index in [-0.39, 0.29) is 6.79 Å². The van der Waals surface area contributed by atoms with Gasteiger partial charge in [-0.1, -0.05) is 18.2 Å². The fourth-order valence-electron chi connectivity index (χ4n) is 2.67. The third-order valence-corrected chi connectivity index (χ3v) is 3.91. The minimum Gasteiger partial charge on any atom is -0.454 e. The molecule has 4 heteroatoms. The maximum atomic E-state index is 9.51. The standard InChI is InChI=1S/C20H14N2O2/c21-13-17(11-15-3-8-19-20(12-15)24-14-23-19)16-4-6-18(7-5-16)22-9-1-2-10-22/h1-12H,14H2/b17-11-. The molecule has 0 aliphatic carbocycles. The van der Waals surface area contributed by atoms with Crippen molar-refractivity contribution in [3.05, 3.63) is 78.1 Å². The normalized spacial score (nSPS) is 12.9. The first-order valence-electron chi connectivity index (χ1n) is 7.59. The fourth-order valence-corrected chi connectivity index (χ4v) is 2.67. The molecule has 116 valence electrons. The highest BCUT2D eigenvalue weighted by Crippen LogP contribution is 2.33. The minimum atomic E-state index is 0.245. The van der Waals surface area contributed by atoms with Crippen LogP contribution in [0.15, 0.2) is 67.0 Å². The van der Waals surface area contributed by atoms with E-state index in [1.54, 1.807) is 0 Å². The summed E-state index contributed by atoms with van der Waals surface area (Å²) in [4.78, 5) is 0. The molecule has 4 rings (SSSR count). The number of fused-ring (bicyclic) bond motifs is 1. The molecule has 0 fully saturated rings. The van der Waals surface area contributed by atoms with E-state index in [2.05, 4.69) is 6.07 Å². The van der Waals surface area contributed by atoms with E-state index in [0.717, 1.165) is 22.6 Å². The van der Waals surface area contributed by atoms with E-state index in [9.17, 15) is 5.26 Å². The van der Waals surface area contributed by atoms with Gasteiger partial charge in [0, 0.05) is 18.1 Å². The number of hydrogen-bond acceptors (Lipinski definition) is 3. The van der Waals surface area contributed by atoms with Crippen LogP contribution in [-0.2, 0) is 0 Å². The molecule has 0 atom stereocenters. The second kappa shape index (κ2) is 5.98. The molecule has 24 heavy (non-hydrogen) atoms. The van der Waals surface area contributed by atoms with Crippen molar-refractivity contribution in [1.82, 2.24) is 4.57 Å². The van der Waals surface area contributed by atoms with Crippen molar-refractivity contribution < 1.29 is 9.47 Å². The van der Waals surface area contributed by atoms with Crippen LogP contribution in [0.4, 0.5) is 0 Å². The molecule has 2 heterocycles. The van der Waals surface area contributed by atoms with Gasteiger partial charge >= 0.3 is 0 Å². The van der Waals surface area contributed by atoms with Crippen LogP contribution in [0.1, 0.15) is 11.1 Å². The van der Waals surface area contributed by atoms with Crippen molar-refractivity contribution in [3.8, 4) is 23.3 Å². The van der Waals surface area contributed by atoms with Crippen LogP contribution in [-0.4, -0.2) is 11.4 Å². The van der Waals surface area contributed by atoms with Gasteiger partial charge in [-0.15, -0.1) is 0 Å². The molecule has 0 spiro atoms. The van der Waals surface area contributed by atoms with Crippen molar-refractivity contribution >= 4 is 11.6 Å². The molecule has 0 saturated carbocycles. The predicted molar refractivity (Wildman–Crippen MR) is 91.8 cm³/mol.